The van der Waals surface area contributed by atoms with Crippen molar-refractivity contribution in [3.63, 3.8) is 0 Å². The number of thiazole rings is 1. The predicted octanol–water partition coefficient (Wildman–Crippen LogP) is 5.15. The molecule has 2 N–H and O–H groups in total. The monoisotopic (exact) mass is 436 g/mol. The summed E-state index contributed by atoms with van der Waals surface area (Å²) in [7, 11) is 0. The van der Waals surface area contributed by atoms with Crippen LogP contribution in [-0.2, 0) is 13.0 Å². The predicted molar refractivity (Wildman–Crippen MR) is 127 cm³/mol. The van der Waals surface area contributed by atoms with Gasteiger partial charge in [-0.15, -0.1) is 11.3 Å². The van der Waals surface area contributed by atoms with Crippen LogP contribution in [0.4, 0.5) is 0 Å². The van der Waals surface area contributed by atoms with Crippen molar-refractivity contribution in [2.24, 2.45) is 5.92 Å². The van der Waals surface area contributed by atoms with E-state index in [1.54, 1.807) is 18.3 Å². The van der Waals surface area contributed by atoms with Crippen molar-refractivity contribution < 1.29 is 4.79 Å². The van der Waals surface area contributed by atoms with Crippen LogP contribution in [0.3, 0.4) is 0 Å². The average molecular weight is 437 g/mol. The highest BCUT2D eigenvalue weighted by Gasteiger charge is 2.24. The van der Waals surface area contributed by atoms with Crippen molar-refractivity contribution in [3.8, 4) is 0 Å². The fraction of sp³-hybridized carbons (Fsp3) is 0.480. The first-order valence-corrected chi connectivity index (χ1v) is 12.2. The van der Waals surface area contributed by atoms with E-state index in [2.05, 4.69) is 39.3 Å². The van der Waals surface area contributed by atoms with Gasteiger partial charge in [-0.05, 0) is 75.6 Å². The zero-order chi connectivity index (χ0) is 21.8. The third-order valence-corrected chi connectivity index (χ3v) is 7.35. The molecule has 0 amide bonds. The summed E-state index contributed by atoms with van der Waals surface area (Å²) in [6, 6.07) is 6.46. The Bertz CT molecular complexity index is 944. The van der Waals surface area contributed by atoms with Crippen molar-refractivity contribution in [2.75, 3.05) is 13.1 Å². The molecule has 1 aromatic heterocycles. The van der Waals surface area contributed by atoms with Gasteiger partial charge in [-0.2, -0.15) is 0 Å². The number of aryl methyl sites for hydroxylation is 1. The second kappa shape index (κ2) is 9.88. The van der Waals surface area contributed by atoms with Crippen LogP contribution in [0.5, 0.6) is 0 Å². The zero-order valence-corrected chi connectivity index (χ0v) is 19.1. The molecule has 2 fully saturated rings. The summed E-state index contributed by atoms with van der Waals surface area (Å²) in [6.07, 6.45) is 5.91. The van der Waals surface area contributed by atoms with Gasteiger partial charge in [-0.1, -0.05) is 24.8 Å². The Morgan fingerprint density at radius 1 is 1.32 bits per heavy atom. The average Bonchev–Trinajstić information content (AvgIpc) is 3.26. The molecule has 0 spiro atoms. The Labute approximate surface area is 189 Å². The minimum Gasteiger partial charge on any atom is -0.348 e. The number of allylic oxidation sites excluding steroid dienone is 1. The Kier molecular flexibility index (Phi) is 6.98. The summed E-state index contributed by atoms with van der Waals surface area (Å²) >= 11 is 1.66. The number of nitrogens with zero attached hydrogens (tertiary/aromatic N) is 2. The van der Waals surface area contributed by atoms with Gasteiger partial charge >= 0.3 is 0 Å². The Hall–Kier alpha value is -2.31. The molecule has 0 saturated carbocycles. The van der Waals surface area contributed by atoms with Crippen LogP contribution in [0.15, 0.2) is 41.4 Å². The summed E-state index contributed by atoms with van der Waals surface area (Å²) in [6.45, 7) is 8.71. The molecule has 0 radical (unpaired) electrons. The van der Waals surface area contributed by atoms with Crippen LogP contribution in [-0.4, -0.2) is 34.6 Å². The van der Waals surface area contributed by atoms with E-state index in [4.69, 9.17) is 5.41 Å². The number of nitrogens with one attached hydrogen (secondary N) is 2. The van der Waals surface area contributed by atoms with Crippen molar-refractivity contribution >= 4 is 23.0 Å². The number of rotatable bonds is 7. The molecule has 1 atom stereocenters. The number of hydrogen-bond acceptors (Lipinski definition) is 5. The van der Waals surface area contributed by atoms with Crippen LogP contribution in [0.1, 0.15) is 72.1 Å². The van der Waals surface area contributed by atoms with Gasteiger partial charge in [0.15, 0.2) is 5.78 Å². The number of carbonyl (C=O) groups is 1. The van der Waals surface area contributed by atoms with Gasteiger partial charge < -0.3 is 5.32 Å². The molecular formula is C25H32N4OS. The largest absolute Gasteiger partial charge is 0.348 e. The number of Topliss-reactive ketones (excluding diaryl/α,β-unsaturated/α-hetero) is 1. The van der Waals surface area contributed by atoms with Crippen LogP contribution < -0.4 is 5.32 Å². The van der Waals surface area contributed by atoms with Gasteiger partial charge in [0.25, 0.3) is 0 Å². The third kappa shape index (κ3) is 5.49. The maximum Gasteiger partial charge on any atom is 0.160 e. The zero-order valence-electron chi connectivity index (χ0n) is 18.3. The highest BCUT2D eigenvalue weighted by Crippen LogP contribution is 2.31. The lowest BCUT2D eigenvalue weighted by atomic mass is 9.84. The minimum absolute atomic E-state index is 0.129. The number of likely N-dealkylation sites (tertiary alicyclic amines) is 1. The first-order chi connectivity index (χ1) is 15.0. The van der Waals surface area contributed by atoms with Crippen LogP contribution in [0.25, 0.3) is 0 Å². The molecule has 31 heavy (non-hydrogen) atoms. The molecule has 0 aliphatic carbocycles. The summed E-state index contributed by atoms with van der Waals surface area (Å²) in [5.74, 6) is 1.47. The van der Waals surface area contributed by atoms with E-state index in [-0.39, 0.29) is 11.7 Å². The lowest BCUT2D eigenvalue weighted by molar-refractivity contribution is 0.101. The minimum atomic E-state index is 0.129. The molecule has 4 rings (SSSR count). The molecule has 3 heterocycles. The summed E-state index contributed by atoms with van der Waals surface area (Å²) in [4.78, 5) is 19.1. The molecule has 6 heteroatoms. The second-order valence-electron chi connectivity index (χ2n) is 8.92. The molecule has 1 aromatic carbocycles. The number of hydrogen-bond donors (Lipinski definition) is 2. The van der Waals surface area contributed by atoms with Gasteiger partial charge in [-0.25, -0.2) is 4.98 Å². The molecule has 2 aliphatic heterocycles. The van der Waals surface area contributed by atoms with Gasteiger partial charge in [0, 0.05) is 29.1 Å². The van der Waals surface area contributed by atoms with Gasteiger partial charge in [0.05, 0.1) is 11.2 Å². The Balaban J connectivity index is 1.40. The topological polar surface area (TPSA) is 69.1 Å². The molecular weight excluding hydrogens is 404 g/mol. The summed E-state index contributed by atoms with van der Waals surface area (Å²) in [5, 5.41) is 13.5. The van der Waals surface area contributed by atoms with E-state index in [1.165, 1.54) is 11.3 Å². The Morgan fingerprint density at radius 2 is 2.13 bits per heavy atom. The van der Waals surface area contributed by atoms with Crippen molar-refractivity contribution in [3.05, 3.63) is 63.7 Å². The molecule has 2 aliphatic rings. The van der Waals surface area contributed by atoms with Crippen molar-refractivity contribution in [1.82, 2.24) is 15.2 Å². The number of ketones is 1. The maximum atomic E-state index is 12.2. The van der Waals surface area contributed by atoms with Crippen LogP contribution in [0, 0.1) is 11.3 Å². The highest BCUT2D eigenvalue weighted by atomic mass is 32.1. The lowest BCUT2D eigenvalue weighted by Crippen LogP contribution is -2.34. The summed E-state index contributed by atoms with van der Waals surface area (Å²) < 4.78 is 0. The SMILES string of the molecule is C=C1CCC(CCc2cc(C3CCN(Cc4cscn4)CC3)ccc2C(C)=O)C(=N)N1. The van der Waals surface area contributed by atoms with E-state index in [0.717, 1.165) is 75.0 Å². The third-order valence-electron chi connectivity index (χ3n) is 6.71. The number of piperidine rings is 2. The van der Waals surface area contributed by atoms with Gasteiger partial charge in [0.2, 0.25) is 0 Å². The molecule has 2 saturated heterocycles. The normalized spacial score (nSPS) is 20.6. The molecule has 2 aromatic rings. The standard InChI is InChI=1S/C25H32N4OS/c1-17-3-4-20(25(26)28-17)5-6-22-13-21(7-8-24(22)18(2)30)19-9-11-29(12-10-19)14-23-15-31-16-27-23/h7-8,13,15-16,19-20H,1,3-6,9-12,14H2,2H3,(H2,26,28). The smallest absolute Gasteiger partial charge is 0.160 e. The fourth-order valence-electron chi connectivity index (χ4n) is 4.85. The molecule has 164 valence electrons. The van der Waals surface area contributed by atoms with Gasteiger partial charge in [0.1, 0.15) is 5.84 Å². The highest BCUT2D eigenvalue weighted by molar-refractivity contribution is 7.07. The lowest BCUT2D eigenvalue weighted by Gasteiger charge is -2.32. The number of carbonyl (C=O) groups excluding carboxylic acids is 1. The van der Waals surface area contributed by atoms with Gasteiger partial charge in [-0.3, -0.25) is 15.1 Å². The van der Waals surface area contributed by atoms with E-state index in [0.29, 0.717) is 11.8 Å². The molecule has 0 bridgehead atoms. The molecule has 5 nitrogen and oxygen atoms in total. The molecule has 1 unspecified atom stereocenters. The first kappa shape index (κ1) is 21.9. The first-order valence-electron chi connectivity index (χ1n) is 11.3. The quantitative estimate of drug-likeness (QED) is 0.589. The maximum absolute atomic E-state index is 12.2. The van der Waals surface area contributed by atoms with E-state index >= 15 is 0 Å². The van der Waals surface area contributed by atoms with E-state index in [9.17, 15) is 4.79 Å². The Morgan fingerprint density at radius 3 is 2.81 bits per heavy atom. The number of amidine groups is 1. The number of benzene rings is 1. The van der Waals surface area contributed by atoms with E-state index < -0.39 is 0 Å². The van der Waals surface area contributed by atoms with Crippen LogP contribution in [0.2, 0.25) is 0 Å². The number of aromatic nitrogens is 1. The second-order valence-corrected chi connectivity index (χ2v) is 9.64. The summed E-state index contributed by atoms with van der Waals surface area (Å²) in [5.41, 5.74) is 7.35. The van der Waals surface area contributed by atoms with Crippen molar-refractivity contribution in [2.45, 2.75) is 57.9 Å². The fourth-order valence-corrected chi connectivity index (χ4v) is 5.40. The van der Waals surface area contributed by atoms with E-state index in [1.807, 2.05) is 11.6 Å². The van der Waals surface area contributed by atoms with Crippen LogP contribution >= 0.6 is 11.3 Å². The van der Waals surface area contributed by atoms with Crippen molar-refractivity contribution in [1.29, 1.82) is 5.41 Å².